The first-order valence-corrected chi connectivity index (χ1v) is 12.9. The van der Waals surface area contributed by atoms with E-state index in [0.29, 0.717) is 31.0 Å². The highest BCUT2D eigenvalue weighted by atomic mass is 79.9. The molecule has 3 aromatic heterocycles. The summed E-state index contributed by atoms with van der Waals surface area (Å²) in [5.41, 5.74) is 4.53. The third-order valence-electron chi connectivity index (χ3n) is 6.10. The molecular weight excluding hydrogens is 518 g/mol. The quantitative estimate of drug-likeness (QED) is 0.266. The fourth-order valence-electron chi connectivity index (χ4n) is 4.05. The van der Waals surface area contributed by atoms with Gasteiger partial charge in [-0.05, 0) is 77.4 Å². The van der Waals surface area contributed by atoms with E-state index in [-0.39, 0.29) is 11.1 Å². The second kappa shape index (κ2) is 12.4. The van der Waals surface area contributed by atoms with Gasteiger partial charge >= 0.3 is 0 Å². The van der Waals surface area contributed by atoms with Crippen molar-refractivity contribution in [2.24, 2.45) is 0 Å². The van der Waals surface area contributed by atoms with Gasteiger partial charge in [0.1, 0.15) is 0 Å². The fraction of sp³-hybridized carbons (Fsp3) is 0.286. The van der Waals surface area contributed by atoms with Crippen molar-refractivity contribution in [1.29, 1.82) is 0 Å². The maximum atomic E-state index is 12.6. The van der Waals surface area contributed by atoms with Crippen LogP contribution in [-0.4, -0.2) is 26.1 Å². The van der Waals surface area contributed by atoms with Gasteiger partial charge < -0.3 is 9.88 Å². The lowest BCUT2D eigenvalue weighted by Crippen LogP contribution is -2.21. The first-order valence-electron chi connectivity index (χ1n) is 12.1. The summed E-state index contributed by atoms with van der Waals surface area (Å²) in [6, 6.07) is 15.6. The van der Waals surface area contributed by atoms with Gasteiger partial charge in [0.15, 0.2) is 0 Å². The Labute approximate surface area is 218 Å². The Bertz CT molecular complexity index is 1420. The molecule has 2 N–H and O–H groups in total. The van der Waals surface area contributed by atoms with Gasteiger partial charge in [-0.15, -0.1) is 0 Å². The predicted molar refractivity (Wildman–Crippen MR) is 147 cm³/mol. The summed E-state index contributed by atoms with van der Waals surface area (Å²) >= 11 is 3.44. The molecule has 7 nitrogen and oxygen atoms in total. The normalized spacial score (nSPS) is 10.9. The molecule has 0 saturated carbocycles. The lowest BCUT2D eigenvalue weighted by atomic mass is 10.1. The summed E-state index contributed by atoms with van der Waals surface area (Å²) in [5.74, 6) is 0.457. The Hall–Kier alpha value is -3.52. The van der Waals surface area contributed by atoms with E-state index >= 15 is 0 Å². The molecular formula is C28H30BrN5O2. The molecule has 4 aromatic rings. The van der Waals surface area contributed by atoms with Crippen molar-refractivity contribution >= 4 is 21.9 Å². The first-order chi connectivity index (χ1) is 17.5. The van der Waals surface area contributed by atoms with Crippen LogP contribution in [0, 0.1) is 6.92 Å². The Morgan fingerprint density at radius 2 is 1.81 bits per heavy atom. The SMILES string of the molecule is Cc1cc(Br)cnc1CCCCNc1ncc(Cc2ccn(CCc3ccccc3)c(=O)c2)c(=O)[nH]1. The van der Waals surface area contributed by atoms with Crippen LogP contribution in [0.3, 0.4) is 0 Å². The van der Waals surface area contributed by atoms with E-state index in [9.17, 15) is 9.59 Å². The number of aromatic amines is 1. The molecule has 0 atom stereocenters. The van der Waals surface area contributed by atoms with Crippen molar-refractivity contribution in [2.75, 3.05) is 11.9 Å². The van der Waals surface area contributed by atoms with Crippen LogP contribution in [0.25, 0.3) is 0 Å². The summed E-state index contributed by atoms with van der Waals surface area (Å²) in [6.07, 6.45) is 9.18. The van der Waals surface area contributed by atoms with Crippen LogP contribution >= 0.6 is 15.9 Å². The molecule has 0 aliphatic carbocycles. The number of pyridine rings is 2. The number of rotatable bonds is 11. The largest absolute Gasteiger partial charge is 0.356 e. The van der Waals surface area contributed by atoms with Gasteiger partial charge in [0.2, 0.25) is 5.95 Å². The second-order valence-electron chi connectivity index (χ2n) is 8.87. The molecule has 0 amide bonds. The zero-order valence-corrected chi connectivity index (χ0v) is 21.9. The number of H-pyrrole nitrogens is 1. The van der Waals surface area contributed by atoms with Crippen LogP contribution in [-0.2, 0) is 25.8 Å². The molecule has 0 radical (unpaired) electrons. The van der Waals surface area contributed by atoms with Crippen molar-refractivity contribution in [3.05, 3.63) is 120 Å². The molecule has 186 valence electrons. The van der Waals surface area contributed by atoms with Crippen LogP contribution in [0.1, 0.15) is 40.8 Å². The topological polar surface area (TPSA) is 92.7 Å². The zero-order valence-electron chi connectivity index (χ0n) is 20.3. The molecule has 3 heterocycles. The highest BCUT2D eigenvalue weighted by Crippen LogP contribution is 2.15. The van der Waals surface area contributed by atoms with Crippen LogP contribution < -0.4 is 16.4 Å². The summed E-state index contributed by atoms with van der Waals surface area (Å²) in [5, 5.41) is 3.18. The molecule has 0 spiro atoms. The number of hydrogen-bond acceptors (Lipinski definition) is 5. The Kier molecular flexibility index (Phi) is 8.84. The highest BCUT2D eigenvalue weighted by Gasteiger charge is 2.07. The Morgan fingerprint density at radius 3 is 2.56 bits per heavy atom. The number of nitrogens with one attached hydrogen (secondary N) is 2. The smallest absolute Gasteiger partial charge is 0.255 e. The average Bonchev–Trinajstić information content (AvgIpc) is 2.87. The molecule has 0 aliphatic rings. The van der Waals surface area contributed by atoms with E-state index in [1.54, 1.807) is 23.0 Å². The number of nitrogens with zero attached hydrogens (tertiary/aromatic N) is 3. The minimum Gasteiger partial charge on any atom is -0.356 e. The summed E-state index contributed by atoms with van der Waals surface area (Å²) < 4.78 is 2.69. The van der Waals surface area contributed by atoms with E-state index in [1.165, 1.54) is 11.1 Å². The van der Waals surface area contributed by atoms with Crippen molar-refractivity contribution < 1.29 is 0 Å². The van der Waals surface area contributed by atoms with Crippen LogP contribution in [0.4, 0.5) is 5.95 Å². The third kappa shape index (κ3) is 7.24. The number of unbranched alkanes of at least 4 members (excludes halogenated alkanes) is 1. The highest BCUT2D eigenvalue weighted by molar-refractivity contribution is 9.10. The van der Waals surface area contributed by atoms with Gasteiger partial charge in [0.25, 0.3) is 11.1 Å². The Balaban J connectivity index is 1.26. The Morgan fingerprint density at radius 1 is 0.972 bits per heavy atom. The van der Waals surface area contributed by atoms with Crippen LogP contribution in [0.15, 0.2) is 81.2 Å². The van der Waals surface area contributed by atoms with E-state index in [4.69, 9.17) is 0 Å². The standard InChI is InChI=1S/C28H30BrN5O2/c1-20-15-24(29)19-31-25(20)9-5-6-12-30-28-32-18-23(27(36)33-28)16-22-11-14-34(26(35)17-22)13-10-21-7-3-2-4-8-21/h2-4,7-8,11,14-15,17-19H,5-6,9-10,12-13,16H2,1H3,(H2,30,32,33,36). The van der Waals surface area contributed by atoms with E-state index in [1.807, 2.05) is 30.5 Å². The van der Waals surface area contributed by atoms with Gasteiger partial charge in [0, 0.05) is 59.9 Å². The molecule has 0 fully saturated rings. The summed E-state index contributed by atoms with van der Waals surface area (Å²) in [6.45, 7) is 3.39. The van der Waals surface area contributed by atoms with Crippen molar-refractivity contribution in [3.63, 3.8) is 0 Å². The third-order valence-corrected chi connectivity index (χ3v) is 6.53. The first kappa shape index (κ1) is 25.6. The van der Waals surface area contributed by atoms with Gasteiger partial charge in [-0.25, -0.2) is 4.98 Å². The van der Waals surface area contributed by atoms with E-state index < -0.39 is 0 Å². The van der Waals surface area contributed by atoms with Crippen molar-refractivity contribution in [1.82, 2.24) is 19.5 Å². The lowest BCUT2D eigenvalue weighted by molar-refractivity contribution is 0.667. The van der Waals surface area contributed by atoms with Crippen molar-refractivity contribution in [2.45, 2.75) is 45.6 Å². The second-order valence-corrected chi connectivity index (χ2v) is 9.78. The van der Waals surface area contributed by atoms with Gasteiger partial charge in [0.05, 0.1) is 0 Å². The van der Waals surface area contributed by atoms with E-state index in [0.717, 1.165) is 41.4 Å². The predicted octanol–water partition coefficient (Wildman–Crippen LogP) is 4.67. The molecule has 0 aliphatic heterocycles. The van der Waals surface area contributed by atoms with E-state index in [2.05, 4.69) is 61.3 Å². The zero-order chi connectivity index (χ0) is 25.3. The molecule has 0 unspecified atom stereocenters. The van der Waals surface area contributed by atoms with Crippen LogP contribution in [0.2, 0.25) is 0 Å². The molecule has 1 aromatic carbocycles. The summed E-state index contributed by atoms with van der Waals surface area (Å²) in [7, 11) is 0. The summed E-state index contributed by atoms with van der Waals surface area (Å²) in [4.78, 5) is 36.7. The molecule has 0 saturated heterocycles. The molecule has 4 rings (SSSR count). The van der Waals surface area contributed by atoms with Crippen molar-refractivity contribution in [3.8, 4) is 0 Å². The number of halogens is 1. The number of aromatic nitrogens is 4. The number of hydrogen-bond donors (Lipinski definition) is 2. The number of aryl methyl sites for hydroxylation is 4. The minimum absolute atomic E-state index is 0.0698. The molecule has 8 heteroatoms. The molecule has 36 heavy (non-hydrogen) atoms. The van der Waals surface area contributed by atoms with Crippen LogP contribution in [0.5, 0.6) is 0 Å². The fourth-order valence-corrected chi connectivity index (χ4v) is 4.50. The maximum absolute atomic E-state index is 12.6. The van der Waals surface area contributed by atoms with Gasteiger partial charge in [-0.1, -0.05) is 30.3 Å². The lowest BCUT2D eigenvalue weighted by Gasteiger charge is -2.09. The number of benzene rings is 1. The van der Waals surface area contributed by atoms with Gasteiger partial charge in [-0.2, -0.15) is 0 Å². The molecule has 0 bridgehead atoms. The average molecular weight is 548 g/mol. The van der Waals surface area contributed by atoms with Gasteiger partial charge in [-0.3, -0.25) is 19.6 Å². The number of anilines is 1. The monoisotopic (exact) mass is 547 g/mol. The minimum atomic E-state index is -0.199. The maximum Gasteiger partial charge on any atom is 0.255 e.